The molecule has 1 aliphatic rings. The smallest absolute Gasteiger partial charge is 0.168 e. The number of furan rings is 1. The summed E-state index contributed by atoms with van der Waals surface area (Å²) in [4.78, 5) is 10.4. The van der Waals surface area contributed by atoms with E-state index in [9.17, 15) is 0 Å². The molecule has 2 aromatic rings. The molecule has 0 saturated heterocycles. The van der Waals surface area contributed by atoms with Crippen LogP contribution in [0.15, 0.2) is 50.9 Å². The highest BCUT2D eigenvalue weighted by molar-refractivity contribution is 7.99. The lowest BCUT2D eigenvalue weighted by molar-refractivity contribution is 0.413. The summed E-state index contributed by atoms with van der Waals surface area (Å²) in [6.07, 6.45) is 1.60. The lowest BCUT2D eigenvalue weighted by Crippen LogP contribution is -2.35. The molecule has 0 spiro atoms. The van der Waals surface area contributed by atoms with Gasteiger partial charge in [-0.05, 0) is 44.4 Å². The van der Waals surface area contributed by atoms with Crippen molar-refractivity contribution in [1.29, 1.82) is 0 Å². The lowest BCUT2D eigenvalue weighted by atomic mass is 10.2. The van der Waals surface area contributed by atoms with Crippen molar-refractivity contribution < 1.29 is 4.42 Å². The highest BCUT2D eigenvalue weighted by Gasteiger charge is 2.17. The Morgan fingerprint density at radius 3 is 2.80 bits per heavy atom. The molecule has 3 rings (SSSR count). The van der Waals surface area contributed by atoms with Gasteiger partial charge in [0.25, 0.3) is 0 Å². The molecule has 5 nitrogen and oxygen atoms in total. The monoisotopic (exact) mass is 402 g/mol. The zero-order valence-corrected chi connectivity index (χ0v) is 16.8. The molecule has 1 aliphatic heterocycles. The number of halogens is 2. The van der Waals surface area contributed by atoms with Gasteiger partial charge in [-0.1, -0.05) is 0 Å². The Hall–Kier alpha value is -1.34. The number of nitrogens with zero attached hydrogens (tertiary/aromatic N) is 3. The predicted molar refractivity (Wildman–Crippen MR) is 112 cm³/mol. The third-order valence-electron chi connectivity index (χ3n) is 3.74. The van der Waals surface area contributed by atoms with Crippen LogP contribution in [0.5, 0.6) is 0 Å². The second-order valence-corrected chi connectivity index (χ2v) is 6.90. The number of rotatable bonds is 5. The van der Waals surface area contributed by atoms with Crippen molar-refractivity contribution >= 4 is 53.8 Å². The van der Waals surface area contributed by atoms with Crippen LogP contribution in [0.4, 0.5) is 11.4 Å². The summed E-state index contributed by atoms with van der Waals surface area (Å²) in [5.74, 6) is 2.10. The molecule has 0 saturated carbocycles. The summed E-state index contributed by atoms with van der Waals surface area (Å²) in [6.45, 7) is 3.18. The first-order valence-corrected chi connectivity index (χ1v) is 8.66. The summed E-state index contributed by atoms with van der Waals surface area (Å²) < 4.78 is 5.28. The Balaban J connectivity index is 0.00000156. The van der Waals surface area contributed by atoms with E-state index in [1.807, 2.05) is 30.0 Å². The topological polar surface area (TPSA) is 58.0 Å². The van der Waals surface area contributed by atoms with Gasteiger partial charge in [-0.25, -0.2) is 4.99 Å². The van der Waals surface area contributed by atoms with Crippen LogP contribution in [-0.4, -0.2) is 50.2 Å². The average molecular weight is 403 g/mol. The first kappa shape index (κ1) is 21.7. The minimum atomic E-state index is 0. The highest BCUT2D eigenvalue weighted by Crippen LogP contribution is 2.37. The van der Waals surface area contributed by atoms with E-state index in [0.29, 0.717) is 11.6 Å². The fourth-order valence-electron chi connectivity index (χ4n) is 2.51. The van der Waals surface area contributed by atoms with Crippen molar-refractivity contribution in [2.75, 3.05) is 44.4 Å². The van der Waals surface area contributed by atoms with Crippen LogP contribution in [0.1, 0.15) is 5.76 Å². The van der Waals surface area contributed by atoms with Crippen LogP contribution in [0.2, 0.25) is 0 Å². The number of nitrogens with two attached hydrogens (primary N) is 1. The molecular formula is C17H24Cl2N4OS. The van der Waals surface area contributed by atoms with Gasteiger partial charge < -0.3 is 20.0 Å². The van der Waals surface area contributed by atoms with Crippen LogP contribution in [0.25, 0.3) is 0 Å². The number of hydrogen-bond acceptors (Lipinski definition) is 5. The largest absolute Gasteiger partial charge is 0.461 e. The van der Waals surface area contributed by atoms with Crippen molar-refractivity contribution in [3.8, 4) is 0 Å². The Bertz CT molecular complexity index is 692. The quantitative estimate of drug-likeness (QED) is 0.610. The van der Waals surface area contributed by atoms with Crippen molar-refractivity contribution in [2.45, 2.75) is 4.90 Å². The highest BCUT2D eigenvalue weighted by atomic mass is 35.5. The van der Waals surface area contributed by atoms with Crippen molar-refractivity contribution in [3.05, 3.63) is 42.4 Å². The van der Waals surface area contributed by atoms with E-state index >= 15 is 0 Å². The number of hydrogen-bond donors (Lipinski definition) is 1. The summed E-state index contributed by atoms with van der Waals surface area (Å²) in [5.41, 5.74) is 8.14. The maximum Gasteiger partial charge on any atom is 0.168 e. The van der Waals surface area contributed by atoms with Gasteiger partial charge in [0.1, 0.15) is 0 Å². The molecule has 1 aromatic heterocycles. The van der Waals surface area contributed by atoms with Gasteiger partial charge >= 0.3 is 0 Å². The molecule has 8 heteroatoms. The average Bonchev–Trinajstić information content (AvgIpc) is 3.07. The number of anilines is 1. The summed E-state index contributed by atoms with van der Waals surface area (Å²) in [5, 5.41) is 0. The minimum Gasteiger partial charge on any atom is -0.461 e. The van der Waals surface area contributed by atoms with E-state index < -0.39 is 0 Å². The second kappa shape index (κ2) is 9.97. The molecule has 0 atom stereocenters. The number of amidine groups is 1. The third-order valence-corrected chi connectivity index (χ3v) is 4.77. The van der Waals surface area contributed by atoms with Crippen molar-refractivity contribution in [2.24, 2.45) is 10.7 Å². The zero-order chi connectivity index (χ0) is 16.2. The fourth-order valence-corrected chi connectivity index (χ4v) is 3.59. The molecule has 1 aromatic carbocycles. The number of likely N-dealkylation sites (N-methyl/N-ethyl adjacent to an activating group) is 1. The lowest BCUT2D eigenvalue weighted by Gasteiger charge is -2.31. The van der Waals surface area contributed by atoms with Gasteiger partial charge in [-0.3, -0.25) is 0 Å². The van der Waals surface area contributed by atoms with Crippen LogP contribution >= 0.6 is 36.6 Å². The van der Waals surface area contributed by atoms with Gasteiger partial charge in [0, 0.05) is 30.3 Å². The first-order valence-electron chi connectivity index (χ1n) is 7.68. The normalized spacial score (nSPS) is 13.9. The van der Waals surface area contributed by atoms with Gasteiger partial charge in [0.2, 0.25) is 0 Å². The van der Waals surface area contributed by atoms with Gasteiger partial charge in [0.05, 0.1) is 17.6 Å². The van der Waals surface area contributed by atoms with Crippen molar-refractivity contribution in [3.63, 3.8) is 0 Å². The Kier molecular flexibility index (Phi) is 8.65. The molecule has 0 bridgehead atoms. The number of aliphatic imine (C=N–C) groups is 1. The Morgan fingerprint density at radius 1 is 1.32 bits per heavy atom. The number of thioether (sulfide) groups is 1. The maximum atomic E-state index is 5.99. The van der Waals surface area contributed by atoms with Crippen LogP contribution in [0, 0.1) is 0 Å². The Labute approximate surface area is 165 Å². The molecule has 2 N–H and O–H groups in total. The van der Waals surface area contributed by atoms with E-state index in [1.165, 1.54) is 10.6 Å². The Morgan fingerprint density at radius 2 is 2.12 bits per heavy atom. The first-order chi connectivity index (χ1) is 11.1. The van der Waals surface area contributed by atoms with Gasteiger partial charge in [0.15, 0.2) is 11.6 Å². The van der Waals surface area contributed by atoms with E-state index in [2.05, 4.69) is 41.0 Å². The molecule has 2 heterocycles. The summed E-state index contributed by atoms with van der Waals surface area (Å²) in [6, 6.07) is 9.89. The van der Waals surface area contributed by atoms with Crippen LogP contribution in [0.3, 0.4) is 0 Å². The third kappa shape index (κ3) is 5.57. The van der Waals surface area contributed by atoms with Crippen molar-refractivity contribution in [1.82, 2.24) is 4.90 Å². The standard InChI is InChI=1S/C17H22N4OS.2ClH/c1-20(2)7-8-21-9-11-23-16-12-13(5-6-14(16)21)19-17(18)15-4-3-10-22-15;;/h3-6,10,12H,7-9,11H2,1-2H3,(H2,18,19);2*1H. The number of benzene rings is 1. The maximum absolute atomic E-state index is 5.99. The SMILES string of the molecule is CN(C)CCN1CCSc2cc(N=C(N)c3ccco3)ccc21.Cl.Cl. The predicted octanol–water partition coefficient (Wildman–Crippen LogP) is 3.63. The van der Waals surface area contributed by atoms with Gasteiger partial charge in [-0.15, -0.1) is 36.6 Å². The molecule has 0 unspecified atom stereocenters. The van der Waals surface area contributed by atoms with E-state index in [4.69, 9.17) is 10.2 Å². The minimum absolute atomic E-state index is 0. The molecule has 0 amide bonds. The molecule has 138 valence electrons. The molecule has 0 fully saturated rings. The fraction of sp³-hybridized carbons (Fsp3) is 0.353. The van der Waals surface area contributed by atoms with Crippen LogP contribution in [-0.2, 0) is 0 Å². The molecule has 0 radical (unpaired) electrons. The van der Waals surface area contributed by atoms with E-state index in [0.717, 1.165) is 31.1 Å². The second-order valence-electron chi connectivity index (χ2n) is 5.77. The van der Waals surface area contributed by atoms with Gasteiger partial charge in [-0.2, -0.15) is 0 Å². The summed E-state index contributed by atoms with van der Waals surface area (Å²) >= 11 is 1.88. The zero-order valence-electron chi connectivity index (χ0n) is 14.3. The molecular weight excluding hydrogens is 379 g/mol. The number of fused-ring (bicyclic) bond motifs is 1. The van der Waals surface area contributed by atoms with Crippen LogP contribution < -0.4 is 10.6 Å². The van der Waals surface area contributed by atoms with E-state index in [1.54, 1.807) is 6.26 Å². The molecule has 25 heavy (non-hydrogen) atoms. The molecule has 0 aliphatic carbocycles. The summed E-state index contributed by atoms with van der Waals surface area (Å²) in [7, 11) is 4.21. The van der Waals surface area contributed by atoms with E-state index in [-0.39, 0.29) is 24.8 Å².